The molecule has 8 heteroatoms. The standard InChI is InChI=1S/C21H36N2O5Si/c1-20(7-5-17(24)6-8-20)15-23-19(26)22(16-28-13-14-29(2,3)4)18(25)21(23)9-11-27-12-10-21/h5-16H2,1-4H3. The number of urea groups is 1. The minimum atomic E-state index is -1.23. The molecule has 2 heterocycles. The zero-order valence-corrected chi connectivity index (χ0v) is 19.4. The van der Waals surface area contributed by atoms with E-state index in [2.05, 4.69) is 26.6 Å². The topological polar surface area (TPSA) is 76.2 Å². The maximum absolute atomic E-state index is 13.4. The molecule has 29 heavy (non-hydrogen) atoms. The molecular weight excluding hydrogens is 388 g/mol. The number of amides is 3. The van der Waals surface area contributed by atoms with E-state index < -0.39 is 13.6 Å². The van der Waals surface area contributed by atoms with Crippen LogP contribution in [0.25, 0.3) is 0 Å². The van der Waals surface area contributed by atoms with E-state index in [4.69, 9.17) is 9.47 Å². The number of Topliss-reactive ketones (excluding diaryl/α,β-unsaturated/α-hetero) is 1. The van der Waals surface area contributed by atoms with E-state index in [9.17, 15) is 14.4 Å². The van der Waals surface area contributed by atoms with E-state index in [0.717, 1.165) is 18.9 Å². The maximum Gasteiger partial charge on any atom is 0.329 e. The third-order valence-corrected chi connectivity index (χ3v) is 8.42. The normalized spacial score (nSPS) is 24.6. The Hall–Kier alpha value is -1.25. The molecule has 0 atom stereocenters. The van der Waals surface area contributed by atoms with Gasteiger partial charge in [0.05, 0.1) is 0 Å². The lowest BCUT2D eigenvalue weighted by molar-refractivity contribution is -0.141. The van der Waals surface area contributed by atoms with Crippen LogP contribution in [0.15, 0.2) is 0 Å². The molecule has 2 aliphatic heterocycles. The second-order valence-corrected chi connectivity index (χ2v) is 16.1. The summed E-state index contributed by atoms with van der Waals surface area (Å²) >= 11 is 0. The molecule has 3 amide bonds. The largest absolute Gasteiger partial charge is 0.381 e. The first kappa shape index (κ1) is 22.4. The van der Waals surface area contributed by atoms with E-state index >= 15 is 0 Å². The summed E-state index contributed by atoms with van der Waals surface area (Å²) in [6, 6.07) is 0.751. The zero-order valence-electron chi connectivity index (χ0n) is 18.4. The molecule has 0 radical (unpaired) electrons. The first-order chi connectivity index (χ1) is 13.6. The van der Waals surface area contributed by atoms with Crippen LogP contribution < -0.4 is 0 Å². The van der Waals surface area contributed by atoms with Crippen molar-refractivity contribution in [3.63, 3.8) is 0 Å². The summed E-state index contributed by atoms with van der Waals surface area (Å²) in [4.78, 5) is 41.5. The van der Waals surface area contributed by atoms with Crippen LogP contribution in [0.2, 0.25) is 25.7 Å². The number of hydrogen-bond acceptors (Lipinski definition) is 5. The summed E-state index contributed by atoms with van der Waals surface area (Å²) in [6.45, 7) is 11.0. The van der Waals surface area contributed by atoms with Gasteiger partial charge in [0, 0.05) is 60.1 Å². The van der Waals surface area contributed by atoms with Gasteiger partial charge >= 0.3 is 6.03 Å². The highest BCUT2D eigenvalue weighted by Gasteiger charge is 2.58. The molecule has 0 unspecified atom stereocenters. The van der Waals surface area contributed by atoms with Crippen molar-refractivity contribution >= 4 is 25.8 Å². The number of nitrogens with zero attached hydrogens (tertiary/aromatic N) is 2. The summed E-state index contributed by atoms with van der Waals surface area (Å²) in [5, 5.41) is 0. The Morgan fingerprint density at radius 1 is 1.03 bits per heavy atom. The lowest BCUT2D eigenvalue weighted by Gasteiger charge is -2.43. The van der Waals surface area contributed by atoms with Gasteiger partial charge in [0.25, 0.3) is 5.91 Å². The molecule has 3 aliphatic rings. The minimum Gasteiger partial charge on any atom is -0.381 e. The zero-order chi connectivity index (χ0) is 21.3. The summed E-state index contributed by atoms with van der Waals surface area (Å²) in [5.41, 5.74) is -0.953. The van der Waals surface area contributed by atoms with Gasteiger partial charge in [-0.3, -0.25) is 9.59 Å². The highest BCUT2D eigenvalue weighted by molar-refractivity contribution is 6.76. The van der Waals surface area contributed by atoms with Crippen molar-refractivity contribution in [1.82, 2.24) is 9.80 Å². The van der Waals surface area contributed by atoms with E-state index in [0.29, 0.717) is 57.8 Å². The van der Waals surface area contributed by atoms with E-state index in [-0.39, 0.29) is 24.1 Å². The second kappa shape index (κ2) is 8.47. The number of hydrogen-bond donors (Lipinski definition) is 0. The number of imide groups is 1. The Morgan fingerprint density at radius 3 is 2.24 bits per heavy atom. The highest BCUT2D eigenvalue weighted by atomic mass is 28.3. The van der Waals surface area contributed by atoms with Crippen LogP contribution in [0.3, 0.4) is 0 Å². The Kier molecular flexibility index (Phi) is 6.55. The summed E-state index contributed by atoms with van der Waals surface area (Å²) in [7, 11) is -1.23. The van der Waals surface area contributed by atoms with Gasteiger partial charge in [-0.15, -0.1) is 0 Å². The summed E-state index contributed by atoms with van der Waals surface area (Å²) in [5.74, 6) is 0.152. The monoisotopic (exact) mass is 424 g/mol. The van der Waals surface area contributed by atoms with Crippen LogP contribution in [0, 0.1) is 5.41 Å². The van der Waals surface area contributed by atoms with Gasteiger partial charge in [-0.25, -0.2) is 9.69 Å². The van der Waals surface area contributed by atoms with Crippen molar-refractivity contribution in [3.05, 3.63) is 0 Å². The van der Waals surface area contributed by atoms with E-state index in [1.165, 1.54) is 4.90 Å². The molecule has 2 saturated heterocycles. The van der Waals surface area contributed by atoms with E-state index in [1.54, 1.807) is 4.90 Å². The van der Waals surface area contributed by atoms with Crippen molar-refractivity contribution in [1.29, 1.82) is 0 Å². The summed E-state index contributed by atoms with van der Waals surface area (Å²) in [6.07, 6.45) is 3.71. The van der Waals surface area contributed by atoms with Crippen molar-refractivity contribution in [2.75, 3.05) is 33.1 Å². The average molecular weight is 425 g/mol. The fourth-order valence-electron chi connectivity index (χ4n) is 4.51. The lowest BCUT2D eigenvalue weighted by atomic mass is 9.74. The van der Waals surface area contributed by atoms with Gasteiger partial charge in [-0.2, -0.15) is 0 Å². The molecule has 3 rings (SSSR count). The van der Waals surface area contributed by atoms with E-state index in [1.807, 2.05) is 0 Å². The predicted molar refractivity (Wildman–Crippen MR) is 112 cm³/mol. The third-order valence-electron chi connectivity index (χ3n) is 6.71. The minimum absolute atomic E-state index is 0.0243. The first-order valence-electron chi connectivity index (χ1n) is 10.9. The fourth-order valence-corrected chi connectivity index (χ4v) is 5.27. The number of ether oxygens (including phenoxy) is 2. The van der Waals surface area contributed by atoms with Gasteiger partial charge in [-0.05, 0) is 24.3 Å². The number of rotatable bonds is 7. The van der Waals surface area contributed by atoms with Gasteiger partial charge in [-0.1, -0.05) is 26.6 Å². The number of carbonyl (C=O) groups is 3. The second-order valence-electron chi connectivity index (χ2n) is 10.4. The van der Waals surface area contributed by atoms with Crippen molar-refractivity contribution < 1.29 is 23.9 Å². The molecule has 3 fully saturated rings. The molecule has 0 aromatic heterocycles. The molecule has 0 aromatic rings. The number of carbonyl (C=O) groups excluding carboxylic acids is 3. The van der Waals surface area contributed by atoms with Crippen LogP contribution in [0.5, 0.6) is 0 Å². The Balaban J connectivity index is 1.73. The Labute approximate surface area is 175 Å². The number of ketones is 1. The quantitative estimate of drug-likeness (QED) is 0.356. The average Bonchev–Trinajstić information content (AvgIpc) is 2.83. The van der Waals surface area contributed by atoms with Gasteiger partial charge in [0.2, 0.25) is 0 Å². The molecule has 164 valence electrons. The lowest BCUT2D eigenvalue weighted by Crippen LogP contribution is -2.56. The molecule has 0 aromatic carbocycles. The molecule has 1 saturated carbocycles. The summed E-state index contributed by atoms with van der Waals surface area (Å²) < 4.78 is 11.3. The SMILES string of the molecule is CC1(CN2C(=O)N(COCC[Si](C)(C)C)C(=O)C23CCOCC3)CCC(=O)CC1. The van der Waals surface area contributed by atoms with Crippen LogP contribution in [0.1, 0.15) is 45.4 Å². The van der Waals surface area contributed by atoms with Crippen molar-refractivity contribution in [2.24, 2.45) is 5.41 Å². The predicted octanol–water partition coefficient (Wildman–Crippen LogP) is 3.26. The van der Waals surface area contributed by atoms with Crippen molar-refractivity contribution in [3.8, 4) is 0 Å². The Morgan fingerprint density at radius 2 is 1.66 bits per heavy atom. The highest BCUT2D eigenvalue weighted by Crippen LogP contribution is 2.42. The molecular formula is C21H36N2O5Si. The molecule has 1 aliphatic carbocycles. The molecule has 1 spiro atoms. The Bertz CT molecular complexity index is 644. The smallest absolute Gasteiger partial charge is 0.329 e. The first-order valence-corrected chi connectivity index (χ1v) is 14.6. The van der Waals surface area contributed by atoms with Crippen molar-refractivity contribution in [2.45, 2.75) is 76.7 Å². The molecule has 0 N–H and O–H groups in total. The van der Waals surface area contributed by atoms with Gasteiger partial charge < -0.3 is 14.4 Å². The van der Waals surface area contributed by atoms with Gasteiger partial charge in [0.1, 0.15) is 18.1 Å². The molecule has 0 bridgehead atoms. The maximum atomic E-state index is 13.4. The third kappa shape index (κ3) is 4.91. The fraction of sp³-hybridized carbons (Fsp3) is 0.857. The van der Waals surface area contributed by atoms with Crippen LogP contribution in [-0.2, 0) is 19.1 Å². The van der Waals surface area contributed by atoms with Crippen LogP contribution in [0.4, 0.5) is 4.79 Å². The molecule has 7 nitrogen and oxygen atoms in total. The van der Waals surface area contributed by atoms with Crippen LogP contribution >= 0.6 is 0 Å². The van der Waals surface area contributed by atoms with Gasteiger partial charge in [0.15, 0.2) is 0 Å². The van der Waals surface area contributed by atoms with Crippen LogP contribution in [-0.4, -0.2) is 74.2 Å².